The first-order valence-electron chi connectivity index (χ1n) is 9.21. The van der Waals surface area contributed by atoms with E-state index < -0.39 is 12.0 Å². The second kappa shape index (κ2) is 7.59. The van der Waals surface area contributed by atoms with Gasteiger partial charge in [0.15, 0.2) is 23.0 Å². The molecule has 148 valence electrons. The molecule has 2 aromatic rings. The monoisotopic (exact) mass is 385 g/mol. The Bertz CT molecular complexity index is 897. The Morgan fingerprint density at radius 3 is 2.39 bits per heavy atom. The van der Waals surface area contributed by atoms with Crippen LogP contribution < -0.4 is 18.9 Å². The standard InChI is InChI=1S/C21H23NO6/c1-25-17-9-13-5-6-22(12-15(13)11-18(17)26-2)20(21(23)24)14-3-4-16-19(10-14)28-8-7-27-16/h3-4,9-11,20H,5-8,12H2,1-2H3,(H,23,24)/t20-/m1/s1. The number of carboxylic acid groups (broad SMARTS) is 1. The fourth-order valence-electron chi connectivity index (χ4n) is 3.87. The number of nitrogens with zero attached hydrogens (tertiary/aromatic N) is 1. The minimum Gasteiger partial charge on any atom is -0.493 e. The molecule has 2 heterocycles. The van der Waals surface area contributed by atoms with Crippen molar-refractivity contribution in [3.63, 3.8) is 0 Å². The summed E-state index contributed by atoms with van der Waals surface area (Å²) in [6.07, 6.45) is 0.740. The summed E-state index contributed by atoms with van der Waals surface area (Å²) in [5.74, 6) is 1.70. The fourth-order valence-corrected chi connectivity index (χ4v) is 3.87. The molecule has 0 spiro atoms. The summed E-state index contributed by atoms with van der Waals surface area (Å²) in [5, 5.41) is 9.96. The summed E-state index contributed by atoms with van der Waals surface area (Å²) in [5.41, 5.74) is 2.88. The van der Waals surface area contributed by atoms with Gasteiger partial charge in [-0.1, -0.05) is 6.07 Å². The van der Waals surface area contributed by atoms with Crippen LogP contribution in [0.1, 0.15) is 22.7 Å². The zero-order valence-corrected chi connectivity index (χ0v) is 15.9. The van der Waals surface area contributed by atoms with Crippen LogP contribution in [0.4, 0.5) is 0 Å². The summed E-state index contributed by atoms with van der Waals surface area (Å²) >= 11 is 0. The van der Waals surface area contributed by atoms with Crippen molar-refractivity contribution >= 4 is 5.97 Å². The van der Waals surface area contributed by atoms with Crippen LogP contribution in [-0.2, 0) is 17.8 Å². The lowest BCUT2D eigenvalue weighted by Crippen LogP contribution is -2.38. The molecular formula is C21H23NO6. The number of rotatable bonds is 5. The van der Waals surface area contributed by atoms with Crippen LogP contribution in [0, 0.1) is 0 Å². The maximum atomic E-state index is 12.1. The minimum absolute atomic E-state index is 0.465. The van der Waals surface area contributed by atoms with Gasteiger partial charge >= 0.3 is 5.97 Å². The van der Waals surface area contributed by atoms with E-state index in [1.165, 1.54) is 0 Å². The second-order valence-corrected chi connectivity index (χ2v) is 6.84. The predicted octanol–water partition coefficient (Wildman–Crippen LogP) is 2.66. The van der Waals surface area contributed by atoms with Crippen molar-refractivity contribution in [3.05, 3.63) is 47.0 Å². The number of fused-ring (bicyclic) bond motifs is 2. The van der Waals surface area contributed by atoms with Crippen LogP contribution in [0.15, 0.2) is 30.3 Å². The number of methoxy groups -OCH3 is 2. The molecule has 2 aromatic carbocycles. The number of carboxylic acids is 1. The van der Waals surface area contributed by atoms with Crippen molar-refractivity contribution in [3.8, 4) is 23.0 Å². The van der Waals surface area contributed by atoms with Gasteiger partial charge in [0.05, 0.1) is 14.2 Å². The molecule has 0 fully saturated rings. The molecule has 0 aromatic heterocycles. The topological polar surface area (TPSA) is 77.5 Å². The van der Waals surface area contributed by atoms with Crippen molar-refractivity contribution < 1.29 is 28.8 Å². The van der Waals surface area contributed by atoms with Crippen LogP contribution in [0.2, 0.25) is 0 Å². The summed E-state index contributed by atoms with van der Waals surface area (Å²) < 4.78 is 22.0. The van der Waals surface area contributed by atoms with Crippen molar-refractivity contribution in [1.82, 2.24) is 4.90 Å². The van der Waals surface area contributed by atoms with E-state index in [4.69, 9.17) is 18.9 Å². The average molecular weight is 385 g/mol. The van der Waals surface area contributed by atoms with Crippen LogP contribution in [-0.4, -0.2) is 50.0 Å². The average Bonchev–Trinajstić information content (AvgIpc) is 2.72. The molecule has 7 heteroatoms. The molecule has 4 rings (SSSR count). The molecule has 0 saturated carbocycles. The van der Waals surface area contributed by atoms with E-state index in [-0.39, 0.29) is 0 Å². The van der Waals surface area contributed by atoms with E-state index in [1.54, 1.807) is 32.4 Å². The molecule has 28 heavy (non-hydrogen) atoms. The third kappa shape index (κ3) is 3.33. The summed E-state index contributed by atoms with van der Waals surface area (Å²) in [7, 11) is 3.21. The fraction of sp³-hybridized carbons (Fsp3) is 0.381. The van der Waals surface area contributed by atoms with Gasteiger partial charge in [-0.25, -0.2) is 0 Å². The molecule has 0 aliphatic carbocycles. The number of carbonyl (C=O) groups is 1. The van der Waals surface area contributed by atoms with E-state index >= 15 is 0 Å². The van der Waals surface area contributed by atoms with E-state index in [0.717, 1.165) is 17.5 Å². The number of ether oxygens (including phenoxy) is 4. The van der Waals surface area contributed by atoms with Crippen molar-refractivity contribution in [2.24, 2.45) is 0 Å². The SMILES string of the molecule is COc1cc2c(cc1OC)CN([C@@H](C(=O)O)c1ccc3c(c1)OCCO3)CC2. The lowest BCUT2D eigenvalue weighted by molar-refractivity contribution is -0.144. The molecular weight excluding hydrogens is 362 g/mol. The lowest BCUT2D eigenvalue weighted by Gasteiger charge is -2.34. The molecule has 0 amide bonds. The number of hydrogen-bond acceptors (Lipinski definition) is 6. The Morgan fingerprint density at radius 1 is 1.04 bits per heavy atom. The largest absolute Gasteiger partial charge is 0.493 e. The van der Waals surface area contributed by atoms with Gasteiger partial charge in [0.1, 0.15) is 19.3 Å². The van der Waals surface area contributed by atoms with E-state index in [2.05, 4.69) is 0 Å². The van der Waals surface area contributed by atoms with Gasteiger partial charge in [0, 0.05) is 13.1 Å². The molecule has 7 nitrogen and oxygen atoms in total. The maximum Gasteiger partial charge on any atom is 0.325 e. The first-order valence-corrected chi connectivity index (χ1v) is 9.21. The molecule has 0 radical (unpaired) electrons. The smallest absolute Gasteiger partial charge is 0.325 e. The minimum atomic E-state index is -0.888. The third-order valence-electron chi connectivity index (χ3n) is 5.23. The van der Waals surface area contributed by atoms with Gasteiger partial charge in [-0.3, -0.25) is 9.69 Å². The quantitative estimate of drug-likeness (QED) is 0.848. The van der Waals surface area contributed by atoms with Gasteiger partial charge in [-0.05, 0) is 47.4 Å². The van der Waals surface area contributed by atoms with Gasteiger partial charge in [-0.15, -0.1) is 0 Å². The number of hydrogen-bond donors (Lipinski definition) is 1. The summed E-state index contributed by atoms with van der Waals surface area (Å²) in [4.78, 5) is 14.1. The summed E-state index contributed by atoms with van der Waals surface area (Å²) in [6, 6.07) is 8.51. The molecule has 0 bridgehead atoms. The van der Waals surface area contributed by atoms with Gasteiger partial charge < -0.3 is 24.1 Å². The van der Waals surface area contributed by atoms with Crippen LogP contribution in [0.3, 0.4) is 0 Å². The number of benzene rings is 2. The zero-order chi connectivity index (χ0) is 19.7. The Labute approximate surface area is 163 Å². The zero-order valence-electron chi connectivity index (χ0n) is 15.9. The highest BCUT2D eigenvalue weighted by molar-refractivity contribution is 5.76. The molecule has 2 aliphatic heterocycles. The van der Waals surface area contributed by atoms with Crippen LogP contribution in [0.25, 0.3) is 0 Å². The second-order valence-electron chi connectivity index (χ2n) is 6.84. The Kier molecular flexibility index (Phi) is 5.00. The van der Waals surface area contributed by atoms with Gasteiger partial charge in [0.2, 0.25) is 0 Å². The van der Waals surface area contributed by atoms with Crippen molar-refractivity contribution in [2.75, 3.05) is 34.0 Å². The first kappa shape index (κ1) is 18.4. The maximum absolute atomic E-state index is 12.1. The molecule has 2 aliphatic rings. The number of aliphatic carboxylic acids is 1. The summed E-state index contributed by atoms with van der Waals surface area (Å²) in [6.45, 7) is 2.12. The van der Waals surface area contributed by atoms with Gasteiger partial charge in [-0.2, -0.15) is 0 Å². The van der Waals surface area contributed by atoms with E-state index in [1.807, 2.05) is 17.0 Å². The van der Waals surface area contributed by atoms with Gasteiger partial charge in [0.25, 0.3) is 0 Å². The molecule has 1 N–H and O–H groups in total. The Balaban J connectivity index is 1.64. The first-order chi connectivity index (χ1) is 13.6. The highest BCUT2D eigenvalue weighted by Gasteiger charge is 2.32. The molecule has 1 atom stereocenters. The van der Waals surface area contributed by atoms with E-state index in [0.29, 0.717) is 54.9 Å². The molecule has 0 saturated heterocycles. The predicted molar refractivity (Wildman–Crippen MR) is 101 cm³/mol. The lowest BCUT2D eigenvalue weighted by atomic mass is 9.95. The molecule has 0 unspecified atom stereocenters. The Morgan fingerprint density at radius 2 is 1.71 bits per heavy atom. The third-order valence-corrected chi connectivity index (χ3v) is 5.23. The Hall–Kier alpha value is -2.93. The van der Waals surface area contributed by atoms with Crippen LogP contribution >= 0.6 is 0 Å². The van der Waals surface area contributed by atoms with Crippen molar-refractivity contribution in [2.45, 2.75) is 19.0 Å². The normalized spacial score (nSPS) is 16.8. The van der Waals surface area contributed by atoms with Crippen molar-refractivity contribution in [1.29, 1.82) is 0 Å². The van der Waals surface area contributed by atoms with Crippen LogP contribution in [0.5, 0.6) is 23.0 Å². The highest BCUT2D eigenvalue weighted by Crippen LogP contribution is 2.38. The highest BCUT2D eigenvalue weighted by atomic mass is 16.6. The van der Waals surface area contributed by atoms with E-state index in [9.17, 15) is 9.90 Å².